The first kappa shape index (κ1) is 26.6. The van der Waals surface area contributed by atoms with Gasteiger partial charge in [0.1, 0.15) is 11.6 Å². The fourth-order valence-electron chi connectivity index (χ4n) is 4.57. The van der Waals surface area contributed by atoms with Gasteiger partial charge in [-0.15, -0.1) is 0 Å². The molecule has 0 saturated heterocycles. The number of carbonyl (C=O) groups is 1. The molecule has 0 N–H and O–H groups in total. The average Bonchev–Trinajstić information content (AvgIpc) is 2.93. The van der Waals surface area contributed by atoms with Crippen molar-refractivity contribution < 1.29 is 9.53 Å². The lowest BCUT2D eigenvalue weighted by Crippen LogP contribution is -2.36. The highest BCUT2D eigenvalue weighted by atomic mass is 16.5. The van der Waals surface area contributed by atoms with Crippen LogP contribution in [0.15, 0.2) is 60.8 Å². The van der Waals surface area contributed by atoms with Gasteiger partial charge in [-0.05, 0) is 81.4 Å². The summed E-state index contributed by atoms with van der Waals surface area (Å²) in [5.74, 6) is 1.98. The number of fused-ring (bicyclic) bond motifs is 1. The third-order valence-corrected chi connectivity index (χ3v) is 6.67. The van der Waals surface area contributed by atoms with Crippen molar-refractivity contribution >= 4 is 17.7 Å². The van der Waals surface area contributed by atoms with Crippen LogP contribution in [0.5, 0.6) is 5.75 Å². The van der Waals surface area contributed by atoms with E-state index in [-0.39, 0.29) is 5.91 Å². The van der Waals surface area contributed by atoms with Crippen molar-refractivity contribution in [2.24, 2.45) is 0 Å². The number of unbranched alkanes of at least 4 members (excludes halogenated alkanes) is 2. The van der Waals surface area contributed by atoms with Crippen LogP contribution < -0.4 is 14.5 Å². The molecule has 0 aliphatic carbocycles. The van der Waals surface area contributed by atoms with Gasteiger partial charge in [0, 0.05) is 31.4 Å². The summed E-state index contributed by atoms with van der Waals surface area (Å²) < 4.78 is 5.83. The predicted octanol–water partition coefficient (Wildman–Crippen LogP) is 5.21. The standard InChI is InChI=1S/C30H39N5O2/c1-4-5-8-22-37-27-14-12-25(13-15-27)29(36)35(20-9-19-33(2)3)30-31-18-16-28(32-30)34-21-17-24-10-6-7-11-26(24)23-34/h6-7,10-16,18H,4-5,8-9,17,19-23H2,1-3H3. The molecule has 2 aromatic carbocycles. The lowest BCUT2D eigenvalue weighted by Gasteiger charge is -2.30. The maximum absolute atomic E-state index is 13.7. The number of ether oxygens (including phenoxy) is 1. The minimum absolute atomic E-state index is 0.0996. The number of benzene rings is 2. The lowest BCUT2D eigenvalue weighted by molar-refractivity contribution is 0.0984. The monoisotopic (exact) mass is 501 g/mol. The van der Waals surface area contributed by atoms with Gasteiger partial charge in [0.05, 0.1) is 6.61 Å². The molecule has 4 rings (SSSR count). The summed E-state index contributed by atoms with van der Waals surface area (Å²) in [4.78, 5) is 29.2. The molecule has 0 bridgehead atoms. The fraction of sp³-hybridized carbons (Fsp3) is 0.433. The van der Waals surface area contributed by atoms with Crippen LogP contribution in [-0.2, 0) is 13.0 Å². The second-order valence-electron chi connectivity index (χ2n) is 9.85. The van der Waals surface area contributed by atoms with Crippen molar-refractivity contribution in [1.29, 1.82) is 0 Å². The third kappa shape index (κ3) is 7.29. The SMILES string of the molecule is CCCCCOc1ccc(C(=O)N(CCCN(C)C)c2nccc(N3CCc4ccccc4C3)n2)cc1. The molecule has 0 atom stereocenters. The van der Waals surface area contributed by atoms with E-state index in [9.17, 15) is 4.79 Å². The van der Waals surface area contributed by atoms with Crippen LogP contribution in [0.3, 0.4) is 0 Å². The van der Waals surface area contributed by atoms with E-state index in [1.807, 2.05) is 44.4 Å². The Morgan fingerprint density at radius 2 is 1.76 bits per heavy atom. The lowest BCUT2D eigenvalue weighted by atomic mass is 10.00. The van der Waals surface area contributed by atoms with Crippen LogP contribution in [0.2, 0.25) is 0 Å². The van der Waals surface area contributed by atoms with Crippen LogP contribution in [0.4, 0.5) is 11.8 Å². The van der Waals surface area contributed by atoms with E-state index in [0.717, 1.165) is 63.3 Å². The number of hydrogen-bond donors (Lipinski definition) is 0. The molecule has 0 unspecified atom stereocenters. The average molecular weight is 502 g/mol. The van der Waals surface area contributed by atoms with Gasteiger partial charge in [-0.3, -0.25) is 9.69 Å². The Morgan fingerprint density at radius 3 is 2.51 bits per heavy atom. The first-order valence-corrected chi connectivity index (χ1v) is 13.4. The molecule has 1 aliphatic rings. The second kappa shape index (κ2) is 13.2. The molecule has 2 heterocycles. The van der Waals surface area contributed by atoms with Crippen molar-refractivity contribution in [3.05, 3.63) is 77.5 Å². The summed E-state index contributed by atoms with van der Waals surface area (Å²) in [7, 11) is 4.08. The Labute approximate surface area is 221 Å². The predicted molar refractivity (Wildman–Crippen MR) is 150 cm³/mol. The first-order chi connectivity index (χ1) is 18.0. The van der Waals surface area contributed by atoms with Gasteiger partial charge in [0.25, 0.3) is 5.91 Å². The number of hydrogen-bond acceptors (Lipinski definition) is 6. The van der Waals surface area contributed by atoms with E-state index in [1.54, 1.807) is 11.1 Å². The summed E-state index contributed by atoms with van der Waals surface area (Å²) in [5.41, 5.74) is 3.32. The summed E-state index contributed by atoms with van der Waals surface area (Å²) >= 11 is 0. The molecular weight excluding hydrogens is 462 g/mol. The highest BCUT2D eigenvalue weighted by molar-refractivity contribution is 6.05. The zero-order valence-electron chi connectivity index (χ0n) is 22.4. The molecule has 0 saturated carbocycles. The first-order valence-electron chi connectivity index (χ1n) is 13.4. The van der Waals surface area contributed by atoms with E-state index in [1.165, 1.54) is 11.1 Å². The molecule has 7 nitrogen and oxygen atoms in total. The second-order valence-corrected chi connectivity index (χ2v) is 9.85. The maximum Gasteiger partial charge on any atom is 0.260 e. The fourth-order valence-corrected chi connectivity index (χ4v) is 4.57. The van der Waals surface area contributed by atoms with Crippen LogP contribution in [0.25, 0.3) is 0 Å². The molecule has 1 aromatic heterocycles. The molecule has 1 amide bonds. The Bertz CT molecular complexity index is 1150. The Balaban J connectivity index is 1.51. The summed E-state index contributed by atoms with van der Waals surface area (Å²) in [6.07, 6.45) is 6.91. The molecular formula is C30H39N5O2. The number of amides is 1. The van der Waals surface area contributed by atoms with Crippen molar-refractivity contribution in [2.75, 3.05) is 50.1 Å². The quantitative estimate of drug-likeness (QED) is 0.318. The van der Waals surface area contributed by atoms with Crippen LogP contribution in [0.1, 0.15) is 54.1 Å². The minimum atomic E-state index is -0.0996. The third-order valence-electron chi connectivity index (χ3n) is 6.67. The van der Waals surface area contributed by atoms with E-state index in [2.05, 4.69) is 46.0 Å². The Kier molecular flexibility index (Phi) is 9.49. The molecule has 0 fully saturated rings. The highest BCUT2D eigenvalue weighted by Crippen LogP contribution is 2.25. The molecule has 0 radical (unpaired) electrons. The molecule has 0 spiro atoms. The van der Waals surface area contributed by atoms with Gasteiger partial charge in [-0.2, -0.15) is 4.98 Å². The Morgan fingerprint density at radius 1 is 0.973 bits per heavy atom. The molecule has 7 heteroatoms. The summed E-state index contributed by atoms with van der Waals surface area (Å²) in [5, 5.41) is 0. The van der Waals surface area contributed by atoms with Gasteiger partial charge >= 0.3 is 0 Å². The summed E-state index contributed by atoms with van der Waals surface area (Å²) in [6, 6.07) is 17.9. The minimum Gasteiger partial charge on any atom is -0.494 e. The van der Waals surface area contributed by atoms with E-state index < -0.39 is 0 Å². The maximum atomic E-state index is 13.7. The van der Waals surface area contributed by atoms with Crippen molar-refractivity contribution in [3.63, 3.8) is 0 Å². The smallest absolute Gasteiger partial charge is 0.260 e. The van der Waals surface area contributed by atoms with E-state index in [0.29, 0.717) is 24.7 Å². The van der Waals surface area contributed by atoms with Gasteiger partial charge < -0.3 is 14.5 Å². The zero-order valence-corrected chi connectivity index (χ0v) is 22.4. The molecule has 3 aromatic rings. The number of rotatable bonds is 12. The molecule has 37 heavy (non-hydrogen) atoms. The van der Waals surface area contributed by atoms with E-state index in [4.69, 9.17) is 9.72 Å². The van der Waals surface area contributed by atoms with Crippen LogP contribution in [0, 0.1) is 0 Å². The Hall–Kier alpha value is -3.45. The van der Waals surface area contributed by atoms with Crippen molar-refractivity contribution in [1.82, 2.24) is 14.9 Å². The van der Waals surface area contributed by atoms with Gasteiger partial charge in [-0.1, -0.05) is 44.0 Å². The molecule has 196 valence electrons. The largest absolute Gasteiger partial charge is 0.494 e. The molecule has 1 aliphatic heterocycles. The van der Waals surface area contributed by atoms with Crippen molar-refractivity contribution in [3.8, 4) is 5.75 Å². The van der Waals surface area contributed by atoms with Gasteiger partial charge in [0.15, 0.2) is 0 Å². The van der Waals surface area contributed by atoms with Crippen LogP contribution in [-0.4, -0.2) is 61.1 Å². The zero-order chi connectivity index (χ0) is 26.0. The summed E-state index contributed by atoms with van der Waals surface area (Å²) in [6.45, 7) is 5.98. The normalized spacial score (nSPS) is 12.9. The van der Waals surface area contributed by atoms with Gasteiger partial charge in [-0.25, -0.2) is 4.98 Å². The number of anilines is 2. The number of nitrogens with zero attached hydrogens (tertiary/aromatic N) is 5. The van der Waals surface area contributed by atoms with E-state index >= 15 is 0 Å². The van der Waals surface area contributed by atoms with Crippen molar-refractivity contribution in [2.45, 2.75) is 45.6 Å². The van der Waals surface area contributed by atoms with Crippen LogP contribution >= 0.6 is 0 Å². The van der Waals surface area contributed by atoms with Gasteiger partial charge in [0.2, 0.25) is 5.95 Å². The highest BCUT2D eigenvalue weighted by Gasteiger charge is 2.23. The topological polar surface area (TPSA) is 61.8 Å². The number of carbonyl (C=O) groups excluding carboxylic acids is 1. The number of aromatic nitrogens is 2.